The number of nitrogens with zero attached hydrogens (tertiary/aromatic N) is 2. The molecule has 4 N–H and O–H groups in total. The zero-order valence-electron chi connectivity index (χ0n) is 15.7. The molecule has 4 fully saturated rings. The first-order valence-corrected chi connectivity index (χ1v) is 9.93. The number of para-hydroxylation sites is 2. The number of nitrogen functional groups attached to an aromatic ring is 1. The molecule has 2 aromatic rings. The number of nitrogens with one attached hydrogen (secondary N) is 2. The number of nitrogens with two attached hydrogens (primary N) is 1. The van der Waals surface area contributed by atoms with E-state index >= 15 is 0 Å². The first kappa shape index (κ1) is 16.7. The third-order valence-corrected chi connectivity index (χ3v) is 6.67. The lowest BCUT2D eigenvalue weighted by Crippen LogP contribution is -2.55. The van der Waals surface area contributed by atoms with Gasteiger partial charge in [-0.3, -0.25) is 0 Å². The summed E-state index contributed by atoms with van der Waals surface area (Å²) < 4.78 is 5.42. The Morgan fingerprint density at radius 3 is 2.30 bits per heavy atom. The van der Waals surface area contributed by atoms with Gasteiger partial charge in [0.05, 0.1) is 12.8 Å². The molecule has 1 heterocycles. The van der Waals surface area contributed by atoms with Gasteiger partial charge in [-0.2, -0.15) is 0 Å². The summed E-state index contributed by atoms with van der Waals surface area (Å²) in [5, 5.41) is 7.06. The minimum atomic E-state index is 0.166. The van der Waals surface area contributed by atoms with Gasteiger partial charge in [0.25, 0.3) is 0 Å². The summed E-state index contributed by atoms with van der Waals surface area (Å²) in [7, 11) is 1.66. The van der Waals surface area contributed by atoms with Crippen LogP contribution in [-0.4, -0.2) is 22.6 Å². The topological polar surface area (TPSA) is 85.1 Å². The van der Waals surface area contributed by atoms with Crippen LogP contribution in [0.15, 0.2) is 30.6 Å². The molecule has 4 aliphatic carbocycles. The number of ether oxygens (including phenoxy) is 1. The highest BCUT2D eigenvalue weighted by Gasteiger charge is 2.51. The molecule has 4 saturated carbocycles. The largest absolute Gasteiger partial charge is 0.495 e. The summed E-state index contributed by atoms with van der Waals surface area (Å²) in [4.78, 5) is 8.84. The number of hydrogen-bond donors (Lipinski definition) is 3. The molecular formula is C21H27N5O. The summed E-state index contributed by atoms with van der Waals surface area (Å²) in [6, 6.07) is 7.76. The molecule has 0 amide bonds. The highest BCUT2D eigenvalue weighted by molar-refractivity contribution is 5.79. The molecular weight excluding hydrogens is 338 g/mol. The van der Waals surface area contributed by atoms with Crippen LogP contribution in [0.3, 0.4) is 0 Å². The van der Waals surface area contributed by atoms with Gasteiger partial charge in [-0.25, -0.2) is 9.97 Å². The fourth-order valence-electron chi connectivity index (χ4n) is 5.99. The minimum absolute atomic E-state index is 0.166. The summed E-state index contributed by atoms with van der Waals surface area (Å²) in [6.07, 6.45) is 9.58. The van der Waals surface area contributed by atoms with E-state index in [-0.39, 0.29) is 5.54 Å². The van der Waals surface area contributed by atoms with Crippen LogP contribution in [0.25, 0.3) is 0 Å². The highest BCUT2D eigenvalue weighted by Crippen LogP contribution is 2.56. The first-order valence-electron chi connectivity index (χ1n) is 9.93. The van der Waals surface area contributed by atoms with Crippen LogP contribution in [0.2, 0.25) is 0 Å². The van der Waals surface area contributed by atoms with Gasteiger partial charge in [0.1, 0.15) is 17.8 Å². The van der Waals surface area contributed by atoms with Crippen molar-refractivity contribution in [1.82, 2.24) is 9.97 Å². The van der Waals surface area contributed by atoms with Gasteiger partial charge in [-0.15, -0.1) is 0 Å². The fraction of sp³-hybridized carbons (Fsp3) is 0.524. The highest BCUT2D eigenvalue weighted by atomic mass is 16.5. The molecule has 6 heteroatoms. The lowest BCUT2D eigenvalue weighted by Gasteiger charge is -2.57. The molecule has 0 atom stereocenters. The van der Waals surface area contributed by atoms with Crippen molar-refractivity contribution < 1.29 is 4.74 Å². The van der Waals surface area contributed by atoms with Gasteiger partial charge < -0.3 is 21.1 Å². The Morgan fingerprint density at radius 2 is 1.63 bits per heavy atom. The molecule has 0 saturated heterocycles. The van der Waals surface area contributed by atoms with Gasteiger partial charge >= 0.3 is 0 Å². The molecule has 0 spiro atoms. The van der Waals surface area contributed by atoms with Crippen LogP contribution in [-0.2, 0) is 0 Å². The number of anilines is 4. The van der Waals surface area contributed by atoms with Crippen molar-refractivity contribution in [3.05, 3.63) is 30.6 Å². The second kappa shape index (κ2) is 6.29. The third-order valence-electron chi connectivity index (χ3n) is 6.67. The van der Waals surface area contributed by atoms with Crippen molar-refractivity contribution in [2.24, 2.45) is 17.8 Å². The lowest BCUT2D eigenvalue weighted by molar-refractivity contribution is 0.0106. The van der Waals surface area contributed by atoms with Crippen LogP contribution >= 0.6 is 0 Å². The Kier molecular flexibility index (Phi) is 3.88. The maximum absolute atomic E-state index is 6.46. The molecule has 0 unspecified atom stereocenters. The number of rotatable bonds is 5. The number of hydrogen-bond acceptors (Lipinski definition) is 6. The quantitative estimate of drug-likeness (QED) is 0.737. The van der Waals surface area contributed by atoms with Gasteiger partial charge in [-0.1, -0.05) is 12.1 Å². The van der Waals surface area contributed by atoms with Gasteiger partial charge in [0, 0.05) is 5.54 Å². The second-order valence-corrected chi connectivity index (χ2v) is 8.63. The van der Waals surface area contributed by atoms with Gasteiger partial charge in [0.2, 0.25) is 0 Å². The monoisotopic (exact) mass is 365 g/mol. The molecule has 1 aromatic heterocycles. The van der Waals surface area contributed by atoms with Crippen LogP contribution in [0.5, 0.6) is 5.75 Å². The zero-order valence-corrected chi connectivity index (χ0v) is 15.7. The standard InChI is InChI=1S/C21H27N5O/c1-27-17-5-3-2-4-16(17)25-19-18(22)20(24-12-23-19)26-21-9-13-6-14(10-21)8-15(7-13)11-21/h2-5,12-15H,6-11,22H2,1H3,(H2,23,24,25,26). The van der Waals surface area contributed by atoms with Gasteiger partial charge in [0.15, 0.2) is 11.6 Å². The van der Waals surface area contributed by atoms with E-state index in [2.05, 4.69) is 20.6 Å². The molecule has 6 rings (SSSR count). The molecule has 4 aliphatic rings. The Morgan fingerprint density at radius 1 is 1.00 bits per heavy atom. The fourth-order valence-corrected chi connectivity index (χ4v) is 5.99. The number of aromatic nitrogens is 2. The first-order chi connectivity index (χ1) is 13.1. The average molecular weight is 365 g/mol. The minimum Gasteiger partial charge on any atom is -0.495 e. The van der Waals surface area contributed by atoms with E-state index in [1.54, 1.807) is 13.4 Å². The summed E-state index contributed by atoms with van der Waals surface area (Å²) in [5.74, 6) is 4.74. The third kappa shape index (κ3) is 2.97. The second-order valence-electron chi connectivity index (χ2n) is 8.63. The Hall–Kier alpha value is -2.50. The van der Waals surface area contributed by atoms with E-state index in [1.165, 1.54) is 38.5 Å². The molecule has 142 valence electrons. The smallest absolute Gasteiger partial charge is 0.159 e. The maximum Gasteiger partial charge on any atom is 0.159 e. The summed E-state index contributed by atoms with van der Waals surface area (Å²) in [5.41, 5.74) is 8.03. The summed E-state index contributed by atoms with van der Waals surface area (Å²) in [6.45, 7) is 0. The Labute approximate surface area is 159 Å². The Balaban J connectivity index is 1.41. The molecule has 4 bridgehead atoms. The van der Waals surface area contributed by atoms with E-state index < -0.39 is 0 Å². The van der Waals surface area contributed by atoms with Crippen molar-refractivity contribution in [3.8, 4) is 5.75 Å². The van der Waals surface area contributed by atoms with E-state index in [9.17, 15) is 0 Å². The van der Waals surface area contributed by atoms with Gasteiger partial charge in [-0.05, 0) is 68.4 Å². The lowest BCUT2D eigenvalue weighted by atomic mass is 9.53. The SMILES string of the molecule is COc1ccccc1Nc1ncnc(NC23CC4CC(CC(C4)C2)C3)c1N. The Bertz CT molecular complexity index is 817. The molecule has 27 heavy (non-hydrogen) atoms. The van der Waals surface area contributed by atoms with Crippen LogP contribution in [0.1, 0.15) is 38.5 Å². The molecule has 0 radical (unpaired) electrons. The zero-order chi connectivity index (χ0) is 18.4. The summed E-state index contributed by atoms with van der Waals surface area (Å²) >= 11 is 0. The molecule has 0 aliphatic heterocycles. The van der Waals surface area contributed by atoms with Crippen molar-refractivity contribution in [2.45, 2.75) is 44.1 Å². The number of methoxy groups -OCH3 is 1. The predicted molar refractivity (Wildman–Crippen MR) is 107 cm³/mol. The van der Waals surface area contributed by atoms with Crippen molar-refractivity contribution in [2.75, 3.05) is 23.5 Å². The molecule has 6 nitrogen and oxygen atoms in total. The van der Waals surface area contributed by atoms with Crippen LogP contribution < -0.4 is 21.1 Å². The van der Waals surface area contributed by atoms with E-state index in [1.807, 2.05) is 24.3 Å². The predicted octanol–water partition coefficient (Wildman–Crippen LogP) is 4.19. The normalized spacial score (nSPS) is 30.9. The van der Waals surface area contributed by atoms with Crippen molar-refractivity contribution >= 4 is 23.0 Å². The van der Waals surface area contributed by atoms with E-state index in [0.29, 0.717) is 11.5 Å². The van der Waals surface area contributed by atoms with Crippen molar-refractivity contribution in [3.63, 3.8) is 0 Å². The average Bonchev–Trinajstić information content (AvgIpc) is 2.64. The van der Waals surface area contributed by atoms with Crippen molar-refractivity contribution in [1.29, 1.82) is 0 Å². The van der Waals surface area contributed by atoms with Crippen LogP contribution in [0, 0.1) is 17.8 Å². The van der Waals surface area contributed by atoms with E-state index in [0.717, 1.165) is 35.0 Å². The van der Waals surface area contributed by atoms with Crippen LogP contribution in [0.4, 0.5) is 23.0 Å². The maximum atomic E-state index is 6.46. The number of benzene rings is 1. The van der Waals surface area contributed by atoms with E-state index in [4.69, 9.17) is 10.5 Å². The molecule has 1 aromatic carbocycles.